The average molecular weight is 528 g/mol. The lowest BCUT2D eigenvalue weighted by atomic mass is 10.3. The van der Waals surface area contributed by atoms with E-state index in [0.717, 1.165) is 4.88 Å². The Kier molecular flexibility index (Phi) is 6.80. The number of nitrogens with zero attached hydrogens (tertiary/aromatic N) is 4. The van der Waals surface area contributed by atoms with Gasteiger partial charge in [-0.1, -0.05) is 42.5 Å². The van der Waals surface area contributed by atoms with Crippen LogP contribution in [-0.4, -0.2) is 37.1 Å². The molecule has 1 unspecified atom stereocenters. The van der Waals surface area contributed by atoms with Crippen molar-refractivity contribution in [3.63, 3.8) is 0 Å². The van der Waals surface area contributed by atoms with Gasteiger partial charge >= 0.3 is 5.97 Å². The third-order valence-corrected chi connectivity index (χ3v) is 7.04. The summed E-state index contributed by atoms with van der Waals surface area (Å²) in [7, 11) is 1.73. The fourth-order valence-electron chi connectivity index (χ4n) is 4.05. The van der Waals surface area contributed by atoms with Gasteiger partial charge in [-0.25, -0.2) is 14.2 Å². The fraction of sp³-hybridized carbons (Fsp3) is 0.143. The van der Waals surface area contributed by atoms with Crippen molar-refractivity contribution in [1.82, 2.24) is 19.1 Å². The molecule has 0 bridgehead atoms. The van der Waals surface area contributed by atoms with Crippen LogP contribution in [-0.2, 0) is 16.6 Å². The van der Waals surface area contributed by atoms with E-state index >= 15 is 0 Å². The van der Waals surface area contributed by atoms with Crippen molar-refractivity contribution < 1.29 is 14.3 Å². The highest BCUT2D eigenvalue weighted by Gasteiger charge is 2.26. The van der Waals surface area contributed by atoms with Crippen molar-refractivity contribution in [3.8, 4) is 21.9 Å². The van der Waals surface area contributed by atoms with Crippen LogP contribution in [0.2, 0.25) is 0 Å². The molecular formula is C28H25N5O4S. The molecule has 0 aliphatic carbocycles. The van der Waals surface area contributed by atoms with Crippen molar-refractivity contribution in [2.24, 2.45) is 7.05 Å². The maximum atomic E-state index is 13.2. The molecule has 3 heterocycles. The molecule has 0 spiro atoms. The Balaban J connectivity index is 1.38. The minimum absolute atomic E-state index is 0.124. The summed E-state index contributed by atoms with van der Waals surface area (Å²) in [5.74, 6) is -1.33. The lowest BCUT2D eigenvalue weighted by Crippen LogP contribution is -2.32. The average Bonchev–Trinajstić information content (AvgIpc) is 3.66. The molecule has 0 aliphatic rings. The third kappa shape index (κ3) is 4.69. The Bertz CT molecular complexity index is 1650. The molecule has 1 N–H and O–H groups in total. The fourth-order valence-corrected chi connectivity index (χ4v) is 4.73. The van der Waals surface area contributed by atoms with Crippen LogP contribution in [0.25, 0.3) is 21.9 Å². The number of hydrogen-bond acceptors (Lipinski definition) is 6. The maximum absolute atomic E-state index is 13.2. The number of nitrogens with one attached hydrogen (secondary N) is 1. The topological polar surface area (TPSA) is 100 Å². The number of anilines is 1. The number of carbonyl (C=O) groups is 2. The molecular weight excluding hydrogens is 502 g/mol. The van der Waals surface area contributed by atoms with Crippen LogP contribution in [0.3, 0.4) is 0 Å². The number of rotatable bonds is 7. The molecule has 9 nitrogen and oxygen atoms in total. The first-order chi connectivity index (χ1) is 18.3. The monoisotopic (exact) mass is 527 g/mol. The Hall–Kier alpha value is -4.70. The Morgan fingerprint density at radius 1 is 0.974 bits per heavy atom. The Morgan fingerprint density at radius 3 is 2.26 bits per heavy atom. The van der Waals surface area contributed by atoms with Crippen LogP contribution in [0, 0.1) is 6.92 Å². The second-order valence-electron chi connectivity index (χ2n) is 8.61. The van der Waals surface area contributed by atoms with Gasteiger partial charge in [0.25, 0.3) is 11.5 Å². The van der Waals surface area contributed by atoms with E-state index in [-0.39, 0.29) is 16.9 Å². The standard InChI is InChI=1S/C28H25N5O4S/c1-18-25(27(35)33(31(18)3)21-13-8-5-9-14-21)29-26(34)19(2)37-28(36)23-17-22(24-15-10-16-38-24)30-32(23)20-11-6-4-7-12-20/h4-17,19H,1-3H3,(H,29,34). The van der Waals surface area contributed by atoms with Crippen molar-refractivity contribution in [3.05, 3.63) is 106 Å². The van der Waals surface area contributed by atoms with Gasteiger partial charge in [-0.05, 0) is 49.6 Å². The first-order valence-corrected chi connectivity index (χ1v) is 12.8. The molecule has 1 atom stereocenters. The van der Waals surface area contributed by atoms with Crippen LogP contribution in [0.15, 0.2) is 89.0 Å². The zero-order valence-corrected chi connectivity index (χ0v) is 21.8. The lowest BCUT2D eigenvalue weighted by molar-refractivity contribution is -0.123. The summed E-state index contributed by atoms with van der Waals surface area (Å²) < 4.78 is 10.2. The predicted octanol–water partition coefficient (Wildman–Crippen LogP) is 4.58. The molecule has 2 aromatic carbocycles. The Morgan fingerprint density at radius 2 is 1.63 bits per heavy atom. The van der Waals surface area contributed by atoms with Crippen LogP contribution < -0.4 is 10.9 Å². The highest BCUT2D eigenvalue weighted by Crippen LogP contribution is 2.26. The number of hydrogen-bond donors (Lipinski definition) is 1. The van der Waals surface area contributed by atoms with Crippen molar-refractivity contribution in [1.29, 1.82) is 0 Å². The number of aromatic nitrogens is 4. The van der Waals surface area contributed by atoms with Gasteiger partial charge in [-0.3, -0.25) is 14.3 Å². The van der Waals surface area contributed by atoms with Gasteiger partial charge in [-0.2, -0.15) is 5.10 Å². The highest BCUT2D eigenvalue weighted by atomic mass is 32.1. The molecule has 0 fully saturated rings. The predicted molar refractivity (Wildman–Crippen MR) is 146 cm³/mol. The van der Waals surface area contributed by atoms with E-state index in [1.54, 1.807) is 36.9 Å². The van der Waals surface area contributed by atoms with Crippen LogP contribution >= 0.6 is 11.3 Å². The number of amides is 1. The largest absolute Gasteiger partial charge is 0.448 e. The number of esters is 1. The number of ether oxygens (including phenoxy) is 1. The molecule has 1 amide bonds. The molecule has 0 radical (unpaired) electrons. The first kappa shape index (κ1) is 25.0. The summed E-state index contributed by atoms with van der Waals surface area (Å²) in [4.78, 5) is 40.3. The quantitative estimate of drug-likeness (QED) is 0.312. The molecule has 192 valence electrons. The zero-order chi connectivity index (χ0) is 26.8. The summed E-state index contributed by atoms with van der Waals surface area (Å²) in [5, 5.41) is 9.19. The van der Waals surface area contributed by atoms with Gasteiger partial charge in [0, 0.05) is 13.1 Å². The molecule has 5 rings (SSSR count). The van der Waals surface area contributed by atoms with E-state index in [0.29, 0.717) is 22.8 Å². The number of thiophene rings is 1. The van der Waals surface area contributed by atoms with Gasteiger partial charge in [-0.15, -0.1) is 11.3 Å². The minimum Gasteiger partial charge on any atom is -0.448 e. The van der Waals surface area contributed by atoms with Gasteiger partial charge in [0.05, 0.1) is 21.9 Å². The normalized spacial score (nSPS) is 11.8. The number of benzene rings is 2. The van der Waals surface area contributed by atoms with E-state index < -0.39 is 18.0 Å². The van der Waals surface area contributed by atoms with Gasteiger partial charge in [0.15, 0.2) is 11.8 Å². The molecule has 0 aliphatic heterocycles. The molecule has 38 heavy (non-hydrogen) atoms. The van der Waals surface area contributed by atoms with E-state index in [1.807, 2.05) is 66.0 Å². The smallest absolute Gasteiger partial charge is 0.357 e. The lowest BCUT2D eigenvalue weighted by Gasteiger charge is -2.13. The number of para-hydroxylation sites is 2. The first-order valence-electron chi connectivity index (χ1n) is 11.9. The molecule has 3 aromatic heterocycles. The highest BCUT2D eigenvalue weighted by molar-refractivity contribution is 7.13. The summed E-state index contributed by atoms with van der Waals surface area (Å²) in [6, 6.07) is 23.8. The number of carbonyl (C=O) groups excluding carboxylic acids is 2. The van der Waals surface area contributed by atoms with Crippen molar-refractivity contribution >= 4 is 28.9 Å². The SMILES string of the molecule is Cc1c(NC(=O)C(C)OC(=O)c2cc(-c3cccs3)nn2-c2ccccc2)c(=O)n(-c2ccccc2)n1C. The summed E-state index contributed by atoms with van der Waals surface area (Å²) in [6.45, 7) is 3.20. The second-order valence-corrected chi connectivity index (χ2v) is 9.56. The minimum atomic E-state index is -1.17. The zero-order valence-electron chi connectivity index (χ0n) is 21.0. The van der Waals surface area contributed by atoms with E-state index in [1.165, 1.54) is 27.6 Å². The van der Waals surface area contributed by atoms with Crippen LogP contribution in [0.5, 0.6) is 0 Å². The van der Waals surface area contributed by atoms with Gasteiger partial charge < -0.3 is 10.1 Å². The summed E-state index contributed by atoms with van der Waals surface area (Å²) in [5.41, 5.74) is 2.45. The molecule has 0 saturated carbocycles. The van der Waals surface area contributed by atoms with E-state index in [2.05, 4.69) is 10.4 Å². The van der Waals surface area contributed by atoms with Crippen molar-refractivity contribution in [2.45, 2.75) is 20.0 Å². The van der Waals surface area contributed by atoms with Crippen molar-refractivity contribution in [2.75, 3.05) is 5.32 Å². The maximum Gasteiger partial charge on any atom is 0.357 e. The van der Waals surface area contributed by atoms with E-state index in [4.69, 9.17) is 4.74 Å². The molecule has 0 saturated heterocycles. The van der Waals surface area contributed by atoms with Crippen LogP contribution in [0.1, 0.15) is 23.1 Å². The Labute approximate surface area is 222 Å². The molecule has 10 heteroatoms. The van der Waals surface area contributed by atoms with Gasteiger partial charge in [0.2, 0.25) is 0 Å². The third-order valence-electron chi connectivity index (χ3n) is 6.15. The van der Waals surface area contributed by atoms with Gasteiger partial charge in [0.1, 0.15) is 11.4 Å². The van der Waals surface area contributed by atoms with E-state index in [9.17, 15) is 14.4 Å². The summed E-state index contributed by atoms with van der Waals surface area (Å²) in [6.07, 6.45) is -1.17. The summed E-state index contributed by atoms with van der Waals surface area (Å²) >= 11 is 1.50. The second kappa shape index (κ2) is 10.3. The molecule has 5 aromatic rings. The van der Waals surface area contributed by atoms with Crippen LogP contribution in [0.4, 0.5) is 5.69 Å².